The molecule has 4 N–H and O–H groups in total. The first-order valence-electron chi connectivity index (χ1n) is 1.11. The second-order valence-electron chi connectivity index (χ2n) is 0.610. The first-order chi connectivity index (χ1) is 2.64. The van der Waals surface area contributed by atoms with Crippen molar-refractivity contribution in [3.63, 3.8) is 0 Å². The summed E-state index contributed by atoms with van der Waals surface area (Å²) in [5.74, 6) is -3.65. The molecule has 0 amide bonds. The predicted molar refractivity (Wildman–Crippen MR) is 18.9 cm³/mol. The minimum absolute atomic E-state index is 0. The summed E-state index contributed by atoms with van der Waals surface area (Å²) in [5.41, 5.74) is 0. The van der Waals surface area contributed by atoms with Gasteiger partial charge in [-0.2, -0.15) is 0 Å². The molecule has 0 aromatic heterocycles. The van der Waals surface area contributed by atoms with Crippen molar-refractivity contribution >= 4 is 11.9 Å². The van der Waals surface area contributed by atoms with Crippen LogP contribution in [0.15, 0.2) is 0 Å². The van der Waals surface area contributed by atoms with E-state index in [1.807, 2.05) is 0 Å². The summed E-state index contributed by atoms with van der Waals surface area (Å²) in [7, 11) is 0. The van der Waals surface area contributed by atoms with E-state index in [-0.39, 0.29) is 22.3 Å². The summed E-state index contributed by atoms with van der Waals surface area (Å²) in [4.78, 5) is 18.2. The molecular weight excluding hydrogens is 163 g/mol. The maximum atomic E-state index is 9.10. The second-order valence-corrected chi connectivity index (χ2v) is 0.610. The quantitative estimate of drug-likeness (QED) is 0.420. The normalized spacial score (nSPS) is 5.50. The van der Waals surface area contributed by atoms with Crippen LogP contribution in [0.5, 0.6) is 0 Å². The number of aliphatic carboxylic acids is 2. The molecule has 0 unspecified atom stereocenters. The van der Waals surface area contributed by atoms with Gasteiger partial charge in [-0.3, -0.25) is 0 Å². The molecule has 0 spiro atoms. The van der Waals surface area contributed by atoms with Crippen LogP contribution in [0.25, 0.3) is 0 Å². The van der Waals surface area contributed by atoms with Crippen LogP contribution in [0, 0.1) is 0 Å². The van der Waals surface area contributed by atoms with Gasteiger partial charge in [0.1, 0.15) is 0 Å². The summed E-state index contributed by atoms with van der Waals surface area (Å²) >= 11 is 0. The third kappa shape index (κ3) is 9.05. The molecular formula is C2H4CoO5+2. The zero-order valence-corrected chi connectivity index (χ0v) is 4.59. The van der Waals surface area contributed by atoms with Crippen molar-refractivity contribution in [1.29, 1.82) is 0 Å². The Bertz CT molecular complexity index is 76.4. The molecule has 0 aromatic rings. The van der Waals surface area contributed by atoms with E-state index in [2.05, 4.69) is 0 Å². The van der Waals surface area contributed by atoms with E-state index < -0.39 is 11.9 Å². The van der Waals surface area contributed by atoms with Gasteiger partial charge in [0.05, 0.1) is 0 Å². The zero-order valence-electron chi connectivity index (χ0n) is 3.54. The summed E-state index contributed by atoms with van der Waals surface area (Å²) in [6, 6.07) is 0. The standard InChI is InChI=1S/C2H2O4.Co.H2O/c3-1(4)2(5)6;;/h(H,3,4)(H,5,6);;1H2/q;+2;. The van der Waals surface area contributed by atoms with E-state index in [9.17, 15) is 0 Å². The van der Waals surface area contributed by atoms with Crippen LogP contribution in [-0.4, -0.2) is 27.6 Å². The molecule has 0 saturated heterocycles. The van der Waals surface area contributed by atoms with Crippen molar-refractivity contribution in [3.8, 4) is 0 Å². The van der Waals surface area contributed by atoms with E-state index in [4.69, 9.17) is 19.8 Å². The molecule has 0 fully saturated rings. The zero-order chi connectivity index (χ0) is 5.15. The van der Waals surface area contributed by atoms with Gasteiger partial charge in [-0.25, -0.2) is 9.59 Å². The average Bonchev–Trinajstić information content (AvgIpc) is 1.36. The molecule has 0 rings (SSSR count). The number of carboxylic acids is 2. The molecule has 0 bridgehead atoms. The Balaban J connectivity index is -0.000000125. The maximum absolute atomic E-state index is 9.10. The van der Waals surface area contributed by atoms with Crippen LogP contribution in [0.4, 0.5) is 0 Å². The van der Waals surface area contributed by atoms with Gasteiger partial charge in [-0.15, -0.1) is 0 Å². The van der Waals surface area contributed by atoms with Gasteiger partial charge in [0.2, 0.25) is 0 Å². The van der Waals surface area contributed by atoms with Crippen molar-refractivity contribution in [3.05, 3.63) is 0 Å². The van der Waals surface area contributed by atoms with E-state index in [0.717, 1.165) is 0 Å². The van der Waals surface area contributed by atoms with Crippen LogP contribution < -0.4 is 0 Å². The van der Waals surface area contributed by atoms with Gasteiger partial charge in [-0.1, -0.05) is 0 Å². The van der Waals surface area contributed by atoms with E-state index in [0.29, 0.717) is 0 Å². The molecule has 0 aliphatic heterocycles. The summed E-state index contributed by atoms with van der Waals surface area (Å²) in [6.45, 7) is 0. The Morgan fingerprint density at radius 1 is 1.00 bits per heavy atom. The second kappa shape index (κ2) is 6.41. The van der Waals surface area contributed by atoms with Gasteiger partial charge in [0, 0.05) is 0 Å². The smallest absolute Gasteiger partial charge is 0.473 e. The SMILES string of the molecule is O.O=C(O)C(=O)O.[Co+2]. The van der Waals surface area contributed by atoms with Gasteiger partial charge < -0.3 is 15.7 Å². The minimum Gasteiger partial charge on any atom is -0.473 e. The topological polar surface area (TPSA) is 106 Å². The number of carboxylic acid groups (broad SMARTS) is 2. The molecule has 5 nitrogen and oxygen atoms in total. The van der Waals surface area contributed by atoms with Crippen LogP contribution in [0.3, 0.4) is 0 Å². The number of carbonyl (C=O) groups is 2. The first-order valence-corrected chi connectivity index (χ1v) is 1.11. The fourth-order valence-electron chi connectivity index (χ4n) is 0. The third-order valence-electron chi connectivity index (χ3n) is 0.183. The fourth-order valence-corrected chi connectivity index (χ4v) is 0. The molecule has 0 aromatic carbocycles. The fraction of sp³-hybridized carbons (Fsp3) is 0. The Morgan fingerprint density at radius 2 is 1.12 bits per heavy atom. The molecule has 6 heteroatoms. The Morgan fingerprint density at radius 3 is 1.12 bits per heavy atom. The number of hydrogen-bond donors (Lipinski definition) is 2. The van der Waals surface area contributed by atoms with Crippen LogP contribution >= 0.6 is 0 Å². The van der Waals surface area contributed by atoms with E-state index in [1.54, 1.807) is 0 Å². The monoisotopic (exact) mass is 167 g/mol. The van der Waals surface area contributed by atoms with E-state index >= 15 is 0 Å². The summed E-state index contributed by atoms with van der Waals surface area (Å²) in [5, 5.41) is 14.8. The molecule has 8 heavy (non-hydrogen) atoms. The van der Waals surface area contributed by atoms with Crippen molar-refractivity contribution in [2.45, 2.75) is 0 Å². The molecule has 0 aliphatic carbocycles. The maximum Gasteiger partial charge on any atom is 2.00 e. The Hall–Kier alpha value is -0.594. The predicted octanol–water partition coefficient (Wildman–Crippen LogP) is -1.67. The van der Waals surface area contributed by atoms with Gasteiger partial charge in [-0.05, 0) is 0 Å². The van der Waals surface area contributed by atoms with Gasteiger partial charge in [0.25, 0.3) is 0 Å². The minimum atomic E-state index is -1.82. The summed E-state index contributed by atoms with van der Waals surface area (Å²) < 4.78 is 0. The number of hydrogen-bond acceptors (Lipinski definition) is 2. The van der Waals surface area contributed by atoms with Gasteiger partial charge in [0.15, 0.2) is 0 Å². The Kier molecular flexibility index (Phi) is 12.5. The van der Waals surface area contributed by atoms with E-state index in [1.165, 1.54) is 0 Å². The van der Waals surface area contributed by atoms with Crippen molar-refractivity contribution < 1.29 is 42.1 Å². The summed E-state index contributed by atoms with van der Waals surface area (Å²) in [6.07, 6.45) is 0. The molecule has 0 atom stereocenters. The van der Waals surface area contributed by atoms with Crippen LogP contribution in [0.1, 0.15) is 0 Å². The molecule has 0 heterocycles. The first kappa shape index (κ1) is 15.7. The molecule has 49 valence electrons. The third-order valence-corrected chi connectivity index (χ3v) is 0.183. The average molecular weight is 167 g/mol. The number of rotatable bonds is 0. The van der Waals surface area contributed by atoms with Gasteiger partial charge >= 0.3 is 28.7 Å². The van der Waals surface area contributed by atoms with Crippen molar-refractivity contribution in [1.82, 2.24) is 0 Å². The Labute approximate surface area is 54.8 Å². The van der Waals surface area contributed by atoms with Crippen molar-refractivity contribution in [2.75, 3.05) is 0 Å². The molecule has 1 radical (unpaired) electrons. The molecule has 0 saturated carbocycles. The molecule has 0 aliphatic rings. The van der Waals surface area contributed by atoms with Crippen LogP contribution in [0.2, 0.25) is 0 Å². The van der Waals surface area contributed by atoms with Crippen LogP contribution in [-0.2, 0) is 26.4 Å². The van der Waals surface area contributed by atoms with Crippen molar-refractivity contribution in [2.24, 2.45) is 0 Å². The largest absolute Gasteiger partial charge is 2.00 e.